The summed E-state index contributed by atoms with van der Waals surface area (Å²) >= 11 is 0. The summed E-state index contributed by atoms with van der Waals surface area (Å²) in [4.78, 5) is 21.9. The molecule has 0 atom stereocenters. The first-order chi connectivity index (χ1) is 12.1. The van der Waals surface area contributed by atoms with Crippen LogP contribution in [-0.2, 0) is 16.1 Å². The van der Waals surface area contributed by atoms with Gasteiger partial charge in [-0.05, 0) is 29.8 Å². The fourth-order valence-electron chi connectivity index (χ4n) is 1.82. The number of carbonyl (C=O) groups is 2. The molecular formula is C19H17NO5. The molecule has 0 spiro atoms. The highest BCUT2D eigenvalue weighted by atomic mass is 16.5. The molecule has 25 heavy (non-hydrogen) atoms. The molecule has 2 aromatic carbocycles. The van der Waals surface area contributed by atoms with E-state index in [-0.39, 0.29) is 19.8 Å². The van der Waals surface area contributed by atoms with E-state index in [1.807, 2.05) is 30.3 Å². The highest BCUT2D eigenvalue weighted by Crippen LogP contribution is 2.11. The number of nitrogens with one attached hydrogen (secondary N) is 1. The Morgan fingerprint density at radius 3 is 2.44 bits per heavy atom. The van der Waals surface area contributed by atoms with Crippen molar-refractivity contribution in [3.05, 3.63) is 65.7 Å². The lowest BCUT2D eigenvalue weighted by molar-refractivity contribution is -0.139. The molecule has 2 rings (SSSR count). The van der Waals surface area contributed by atoms with Gasteiger partial charge in [-0.3, -0.25) is 0 Å². The number of carboxylic acids is 1. The molecule has 2 N–H and O–H groups in total. The van der Waals surface area contributed by atoms with E-state index < -0.39 is 12.1 Å². The quantitative estimate of drug-likeness (QED) is 0.790. The zero-order valence-corrected chi connectivity index (χ0v) is 13.4. The molecule has 0 unspecified atom stereocenters. The molecule has 6 heteroatoms. The standard InChI is InChI=1S/C19H17NO5/c21-18(22)14-24-17-10-8-15(9-11-17)7-4-12-20-19(23)25-13-16-5-2-1-3-6-16/h1-3,5-6,8-11H,12-14H2,(H,20,23)(H,21,22). The maximum atomic E-state index is 11.5. The van der Waals surface area contributed by atoms with Gasteiger partial charge in [-0.15, -0.1) is 0 Å². The highest BCUT2D eigenvalue weighted by molar-refractivity contribution is 5.68. The summed E-state index contributed by atoms with van der Waals surface area (Å²) in [5.74, 6) is 5.10. The van der Waals surface area contributed by atoms with E-state index in [1.54, 1.807) is 24.3 Å². The lowest BCUT2D eigenvalue weighted by Crippen LogP contribution is -2.24. The zero-order chi connectivity index (χ0) is 17.9. The second-order valence-corrected chi connectivity index (χ2v) is 4.92. The summed E-state index contributed by atoms with van der Waals surface area (Å²) in [6.45, 7) is -0.0250. The molecule has 0 saturated carbocycles. The topological polar surface area (TPSA) is 84.9 Å². The van der Waals surface area contributed by atoms with Crippen LogP contribution in [0, 0.1) is 11.8 Å². The second kappa shape index (κ2) is 9.63. The van der Waals surface area contributed by atoms with Crippen LogP contribution in [0.4, 0.5) is 4.79 Å². The number of carbonyl (C=O) groups excluding carboxylic acids is 1. The van der Waals surface area contributed by atoms with Crippen molar-refractivity contribution in [3.8, 4) is 17.6 Å². The van der Waals surface area contributed by atoms with Crippen LogP contribution in [0.3, 0.4) is 0 Å². The van der Waals surface area contributed by atoms with Crippen molar-refractivity contribution in [2.24, 2.45) is 0 Å². The molecule has 0 aliphatic heterocycles. The van der Waals surface area contributed by atoms with Gasteiger partial charge < -0.3 is 19.9 Å². The second-order valence-electron chi connectivity index (χ2n) is 4.92. The smallest absolute Gasteiger partial charge is 0.408 e. The number of hydrogen-bond donors (Lipinski definition) is 2. The van der Waals surface area contributed by atoms with Crippen molar-refractivity contribution in [1.29, 1.82) is 0 Å². The third kappa shape index (κ3) is 7.10. The first-order valence-electron chi connectivity index (χ1n) is 7.51. The van der Waals surface area contributed by atoms with Gasteiger partial charge in [0.1, 0.15) is 12.4 Å². The molecule has 128 valence electrons. The lowest BCUT2D eigenvalue weighted by Gasteiger charge is -2.04. The van der Waals surface area contributed by atoms with Crippen LogP contribution in [0.25, 0.3) is 0 Å². The molecule has 0 fully saturated rings. The van der Waals surface area contributed by atoms with Crippen molar-refractivity contribution in [1.82, 2.24) is 5.32 Å². The number of rotatable bonds is 6. The third-order valence-electron chi connectivity index (χ3n) is 2.98. The number of alkyl carbamates (subject to hydrolysis) is 1. The molecule has 0 aliphatic rings. The van der Waals surface area contributed by atoms with Gasteiger partial charge >= 0.3 is 12.1 Å². The van der Waals surface area contributed by atoms with Gasteiger partial charge in [-0.25, -0.2) is 9.59 Å². The Labute approximate surface area is 145 Å². The highest BCUT2D eigenvalue weighted by Gasteiger charge is 2.00. The number of carboxylic acid groups (broad SMARTS) is 1. The van der Waals surface area contributed by atoms with Crippen molar-refractivity contribution >= 4 is 12.1 Å². The number of hydrogen-bond acceptors (Lipinski definition) is 4. The van der Waals surface area contributed by atoms with Gasteiger partial charge in [0.2, 0.25) is 0 Å². The van der Waals surface area contributed by atoms with Gasteiger partial charge in [0.25, 0.3) is 0 Å². The van der Waals surface area contributed by atoms with E-state index >= 15 is 0 Å². The average Bonchev–Trinajstić information content (AvgIpc) is 2.63. The molecule has 0 bridgehead atoms. The summed E-state index contributed by atoms with van der Waals surface area (Å²) in [5, 5.41) is 11.1. The van der Waals surface area contributed by atoms with Crippen LogP contribution in [0.5, 0.6) is 5.75 Å². The van der Waals surface area contributed by atoms with E-state index in [4.69, 9.17) is 14.6 Å². The number of ether oxygens (including phenoxy) is 2. The van der Waals surface area contributed by atoms with Crippen LogP contribution in [0.15, 0.2) is 54.6 Å². The third-order valence-corrected chi connectivity index (χ3v) is 2.98. The van der Waals surface area contributed by atoms with Gasteiger partial charge in [0, 0.05) is 5.56 Å². The van der Waals surface area contributed by atoms with Crippen LogP contribution in [0.1, 0.15) is 11.1 Å². The van der Waals surface area contributed by atoms with E-state index in [1.165, 1.54) is 0 Å². The summed E-state index contributed by atoms with van der Waals surface area (Å²) in [6, 6.07) is 16.1. The fraction of sp³-hybridized carbons (Fsp3) is 0.158. The zero-order valence-electron chi connectivity index (χ0n) is 13.4. The molecule has 0 saturated heterocycles. The Kier molecular flexibility index (Phi) is 6.89. The molecule has 6 nitrogen and oxygen atoms in total. The summed E-state index contributed by atoms with van der Waals surface area (Å²) in [6.07, 6.45) is -0.532. The van der Waals surface area contributed by atoms with Crippen molar-refractivity contribution < 1.29 is 24.2 Å². The maximum Gasteiger partial charge on any atom is 0.408 e. The molecule has 0 aromatic heterocycles. The average molecular weight is 339 g/mol. The predicted octanol–water partition coefficient (Wildman–Crippen LogP) is 2.43. The number of aliphatic carboxylic acids is 1. The first-order valence-corrected chi connectivity index (χ1v) is 7.51. The monoisotopic (exact) mass is 339 g/mol. The molecule has 0 radical (unpaired) electrons. The van der Waals surface area contributed by atoms with Crippen LogP contribution >= 0.6 is 0 Å². The normalized spacial score (nSPS) is 9.44. The molecule has 0 heterocycles. The van der Waals surface area contributed by atoms with Gasteiger partial charge in [0.05, 0.1) is 6.54 Å². The molecule has 0 aliphatic carbocycles. The van der Waals surface area contributed by atoms with Crippen molar-refractivity contribution in [2.45, 2.75) is 6.61 Å². The number of benzene rings is 2. The van der Waals surface area contributed by atoms with Crippen molar-refractivity contribution in [3.63, 3.8) is 0 Å². The summed E-state index contributed by atoms with van der Waals surface area (Å²) in [5.41, 5.74) is 1.64. The SMILES string of the molecule is O=C(O)COc1ccc(C#CCNC(=O)OCc2ccccc2)cc1. The van der Waals surface area contributed by atoms with Crippen LogP contribution in [-0.4, -0.2) is 30.3 Å². The Bertz CT molecular complexity index is 760. The van der Waals surface area contributed by atoms with Crippen LogP contribution in [0.2, 0.25) is 0 Å². The minimum atomic E-state index is -1.03. The van der Waals surface area contributed by atoms with E-state index in [9.17, 15) is 9.59 Å². The summed E-state index contributed by atoms with van der Waals surface area (Å²) < 4.78 is 10.1. The van der Waals surface area contributed by atoms with Gasteiger partial charge in [-0.2, -0.15) is 0 Å². The Hall–Kier alpha value is -3.46. The first kappa shape index (κ1) is 17.9. The minimum absolute atomic E-state index is 0.158. The Morgan fingerprint density at radius 1 is 1.04 bits per heavy atom. The van der Waals surface area contributed by atoms with Crippen LogP contribution < -0.4 is 10.1 Å². The molecular weight excluding hydrogens is 322 g/mol. The largest absolute Gasteiger partial charge is 0.482 e. The maximum absolute atomic E-state index is 11.5. The predicted molar refractivity (Wildman–Crippen MR) is 91.1 cm³/mol. The van der Waals surface area contributed by atoms with E-state index in [2.05, 4.69) is 17.2 Å². The molecule has 1 amide bonds. The Balaban J connectivity index is 1.71. The fourth-order valence-corrected chi connectivity index (χ4v) is 1.82. The van der Waals surface area contributed by atoms with Gasteiger partial charge in [0.15, 0.2) is 6.61 Å². The minimum Gasteiger partial charge on any atom is -0.482 e. The van der Waals surface area contributed by atoms with E-state index in [0.29, 0.717) is 5.75 Å². The van der Waals surface area contributed by atoms with Crippen molar-refractivity contribution in [2.75, 3.05) is 13.2 Å². The number of amides is 1. The lowest BCUT2D eigenvalue weighted by atomic mass is 10.2. The summed E-state index contributed by atoms with van der Waals surface area (Å²) in [7, 11) is 0. The van der Waals surface area contributed by atoms with Gasteiger partial charge in [-0.1, -0.05) is 42.2 Å². The van der Waals surface area contributed by atoms with E-state index in [0.717, 1.165) is 11.1 Å². The Morgan fingerprint density at radius 2 is 1.76 bits per heavy atom. The molecule has 2 aromatic rings.